The minimum Gasteiger partial charge on any atom is -0.329 e. The second kappa shape index (κ2) is 6.92. The van der Waals surface area contributed by atoms with E-state index < -0.39 is 0 Å². The molecule has 3 rings (SSSR count). The third kappa shape index (κ3) is 3.87. The van der Waals surface area contributed by atoms with E-state index in [1.165, 1.54) is 34.7 Å². The van der Waals surface area contributed by atoms with Crippen molar-refractivity contribution in [2.75, 3.05) is 5.32 Å². The summed E-state index contributed by atoms with van der Waals surface area (Å²) in [6, 6.07) is -0.375. The van der Waals surface area contributed by atoms with E-state index in [1.54, 1.807) is 11.3 Å². The van der Waals surface area contributed by atoms with Gasteiger partial charge in [-0.1, -0.05) is 25.2 Å². The quantitative estimate of drug-likeness (QED) is 0.876. The predicted molar refractivity (Wildman–Crippen MR) is 93.3 cm³/mol. The Morgan fingerprint density at radius 1 is 1.09 bits per heavy atom. The molecule has 0 aromatic carbocycles. The van der Waals surface area contributed by atoms with Gasteiger partial charge in [-0.25, -0.2) is 9.78 Å². The molecule has 2 N–H and O–H groups in total. The van der Waals surface area contributed by atoms with Gasteiger partial charge in [-0.3, -0.25) is 5.32 Å². The number of nitrogens with zero attached hydrogens (tertiary/aromatic N) is 3. The summed E-state index contributed by atoms with van der Waals surface area (Å²) in [7, 11) is 0. The number of thiazole rings is 1. The first-order valence-electron chi connectivity index (χ1n) is 7.92. The van der Waals surface area contributed by atoms with Crippen LogP contribution in [0.15, 0.2) is 0 Å². The molecule has 0 bridgehead atoms. The van der Waals surface area contributed by atoms with Crippen molar-refractivity contribution in [2.45, 2.75) is 58.4 Å². The van der Waals surface area contributed by atoms with Crippen molar-refractivity contribution in [1.82, 2.24) is 20.5 Å². The number of aromatic nitrogens is 3. The maximum atomic E-state index is 12.1. The molecule has 0 unspecified atom stereocenters. The fourth-order valence-electron chi connectivity index (χ4n) is 2.47. The highest BCUT2D eigenvalue weighted by molar-refractivity contribution is 7.15. The molecule has 0 spiro atoms. The number of amides is 2. The zero-order valence-corrected chi connectivity index (χ0v) is 15.2. The molecule has 1 aliphatic carbocycles. The first-order chi connectivity index (χ1) is 11.0. The van der Waals surface area contributed by atoms with Gasteiger partial charge in [0, 0.05) is 10.8 Å². The molecule has 0 radical (unpaired) electrons. The van der Waals surface area contributed by atoms with E-state index in [2.05, 4.69) is 39.7 Å². The number of rotatable bonds is 4. The summed E-state index contributed by atoms with van der Waals surface area (Å²) < 4.78 is 0. The lowest BCUT2D eigenvalue weighted by atomic mass is 10.0. The van der Waals surface area contributed by atoms with Crippen LogP contribution in [-0.2, 0) is 12.8 Å². The molecule has 0 aliphatic heterocycles. The molecule has 8 heteroatoms. The Balaban J connectivity index is 1.59. The largest absolute Gasteiger partial charge is 0.329 e. The molecule has 2 heterocycles. The van der Waals surface area contributed by atoms with E-state index in [1.807, 2.05) is 6.92 Å². The van der Waals surface area contributed by atoms with Gasteiger partial charge in [-0.2, -0.15) is 0 Å². The fraction of sp³-hybridized carbons (Fsp3) is 0.600. The van der Waals surface area contributed by atoms with Crippen LogP contribution in [0.3, 0.4) is 0 Å². The van der Waals surface area contributed by atoms with Crippen LogP contribution in [0, 0.1) is 0 Å². The van der Waals surface area contributed by atoms with Crippen LogP contribution >= 0.6 is 22.7 Å². The van der Waals surface area contributed by atoms with Gasteiger partial charge in [-0.05, 0) is 32.6 Å². The van der Waals surface area contributed by atoms with Crippen LogP contribution in [0.2, 0.25) is 0 Å². The number of carbonyl (C=O) groups is 1. The average molecular weight is 352 g/mol. The maximum Gasteiger partial charge on any atom is 0.321 e. The monoisotopic (exact) mass is 351 g/mol. The SMILES string of the molecule is CC(C)c1nnc(NC(=O)N[C@H](C)c2nc3c(s2)CCCC3)s1. The molecule has 0 fully saturated rings. The summed E-state index contributed by atoms with van der Waals surface area (Å²) in [5.74, 6) is 0.312. The lowest BCUT2D eigenvalue weighted by molar-refractivity contribution is 0.249. The normalized spacial score (nSPS) is 15.3. The molecule has 0 saturated carbocycles. The van der Waals surface area contributed by atoms with E-state index in [4.69, 9.17) is 0 Å². The fourth-order valence-corrected chi connectivity index (χ4v) is 4.36. The van der Waals surface area contributed by atoms with Gasteiger partial charge in [0.15, 0.2) is 0 Å². The predicted octanol–water partition coefficient (Wildman–Crippen LogP) is 3.88. The third-order valence-corrected chi connectivity index (χ3v) is 6.21. The summed E-state index contributed by atoms with van der Waals surface area (Å²) in [5.41, 5.74) is 1.22. The van der Waals surface area contributed by atoms with E-state index in [9.17, 15) is 4.79 Å². The van der Waals surface area contributed by atoms with Gasteiger partial charge >= 0.3 is 6.03 Å². The Morgan fingerprint density at radius 2 is 1.87 bits per heavy atom. The Hall–Kier alpha value is -1.54. The molecule has 2 aromatic heterocycles. The minimum atomic E-state index is -0.267. The first-order valence-corrected chi connectivity index (χ1v) is 9.55. The zero-order chi connectivity index (χ0) is 16.4. The summed E-state index contributed by atoms with van der Waals surface area (Å²) in [6.45, 7) is 6.07. The van der Waals surface area contributed by atoms with Crippen LogP contribution in [0.1, 0.15) is 66.2 Å². The van der Waals surface area contributed by atoms with Crippen molar-refractivity contribution in [3.05, 3.63) is 20.6 Å². The molecule has 1 aliphatic rings. The summed E-state index contributed by atoms with van der Waals surface area (Å²) in [4.78, 5) is 18.2. The third-order valence-electron chi connectivity index (χ3n) is 3.74. The second-order valence-corrected chi connectivity index (χ2v) is 8.17. The first kappa shape index (κ1) is 16.3. The van der Waals surface area contributed by atoms with Crippen molar-refractivity contribution in [3.8, 4) is 0 Å². The molecule has 2 amide bonds. The second-order valence-electron chi connectivity index (χ2n) is 6.05. The highest BCUT2D eigenvalue weighted by Gasteiger charge is 2.20. The number of hydrogen-bond donors (Lipinski definition) is 2. The van der Waals surface area contributed by atoms with E-state index >= 15 is 0 Å². The summed E-state index contributed by atoms with van der Waals surface area (Å²) >= 11 is 3.13. The molecule has 23 heavy (non-hydrogen) atoms. The molecule has 0 saturated heterocycles. The number of nitrogens with one attached hydrogen (secondary N) is 2. The number of carbonyl (C=O) groups excluding carboxylic acids is 1. The summed E-state index contributed by atoms with van der Waals surface area (Å²) in [6.07, 6.45) is 4.64. The maximum absolute atomic E-state index is 12.1. The van der Waals surface area contributed by atoms with Gasteiger partial charge in [0.25, 0.3) is 0 Å². The molecule has 124 valence electrons. The van der Waals surface area contributed by atoms with Crippen molar-refractivity contribution >= 4 is 33.8 Å². The van der Waals surface area contributed by atoms with E-state index in [0.29, 0.717) is 11.0 Å². The molecular formula is C15H21N5OS2. The van der Waals surface area contributed by atoms with E-state index in [-0.39, 0.29) is 12.1 Å². The van der Waals surface area contributed by atoms with Gasteiger partial charge in [0.05, 0.1) is 11.7 Å². The standard InChI is InChI=1S/C15H21N5OS2/c1-8(2)12-19-20-15(23-12)18-14(21)16-9(3)13-17-10-6-4-5-7-11(10)22-13/h8-9H,4-7H2,1-3H3,(H2,16,18,20,21)/t9-/m1/s1. The van der Waals surface area contributed by atoms with Crippen molar-refractivity contribution in [3.63, 3.8) is 0 Å². The highest BCUT2D eigenvalue weighted by Crippen LogP contribution is 2.29. The van der Waals surface area contributed by atoms with Gasteiger partial charge in [0.1, 0.15) is 10.0 Å². The Morgan fingerprint density at radius 3 is 2.57 bits per heavy atom. The van der Waals surface area contributed by atoms with Crippen LogP contribution < -0.4 is 10.6 Å². The Kier molecular flexibility index (Phi) is 4.91. The Bertz CT molecular complexity index is 670. The van der Waals surface area contributed by atoms with Crippen LogP contribution in [0.4, 0.5) is 9.93 Å². The smallest absolute Gasteiger partial charge is 0.321 e. The molecular weight excluding hydrogens is 330 g/mol. The van der Waals surface area contributed by atoms with Crippen molar-refractivity contribution < 1.29 is 4.79 Å². The van der Waals surface area contributed by atoms with Gasteiger partial charge in [-0.15, -0.1) is 21.5 Å². The van der Waals surface area contributed by atoms with Crippen LogP contribution in [0.25, 0.3) is 0 Å². The average Bonchev–Trinajstić information content (AvgIpc) is 3.13. The topological polar surface area (TPSA) is 79.8 Å². The van der Waals surface area contributed by atoms with Crippen molar-refractivity contribution in [2.24, 2.45) is 0 Å². The number of urea groups is 1. The van der Waals surface area contributed by atoms with Crippen molar-refractivity contribution in [1.29, 1.82) is 0 Å². The number of fused-ring (bicyclic) bond motifs is 1. The molecule has 2 aromatic rings. The van der Waals surface area contributed by atoms with Gasteiger partial charge in [0.2, 0.25) is 5.13 Å². The molecule has 1 atom stereocenters. The van der Waals surface area contributed by atoms with Crippen LogP contribution in [0.5, 0.6) is 0 Å². The number of aryl methyl sites for hydroxylation is 2. The molecule has 6 nitrogen and oxygen atoms in total. The highest BCUT2D eigenvalue weighted by atomic mass is 32.1. The number of hydrogen-bond acceptors (Lipinski definition) is 6. The Labute approximate surface area is 143 Å². The lowest BCUT2D eigenvalue weighted by Crippen LogP contribution is -2.31. The minimum absolute atomic E-state index is 0.108. The number of anilines is 1. The lowest BCUT2D eigenvalue weighted by Gasteiger charge is -2.10. The van der Waals surface area contributed by atoms with Gasteiger partial charge < -0.3 is 5.32 Å². The van der Waals surface area contributed by atoms with E-state index in [0.717, 1.165) is 22.9 Å². The summed E-state index contributed by atoms with van der Waals surface area (Å²) in [5, 5.41) is 16.2. The van der Waals surface area contributed by atoms with Crippen LogP contribution in [-0.4, -0.2) is 21.2 Å². The zero-order valence-electron chi connectivity index (χ0n) is 13.5.